The van der Waals surface area contributed by atoms with Gasteiger partial charge in [0, 0.05) is 5.92 Å². The molecule has 1 aromatic rings. The van der Waals surface area contributed by atoms with Crippen molar-refractivity contribution in [3.8, 4) is 5.95 Å². The summed E-state index contributed by atoms with van der Waals surface area (Å²) in [5.41, 5.74) is -0.101. The molecule has 0 unspecified atom stereocenters. The summed E-state index contributed by atoms with van der Waals surface area (Å²) in [7, 11) is 0. The molecular formula is C13H19NO4. The van der Waals surface area contributed by atoms with E-state index in [4.69, 9.17) is 14.3 Å². The summed E-state index contributed by atoms with van der Waals surface area (Å²) in [6, 6.07) is 0. The largest absolute Gasteiger partial charge is 0.476 e. The summed E-state index contributed by atoms with van der Waals surface area (Å²) >= 11 is 0. The highest BCUT2D eigenvalue weighted by Crippen LogP contribution is 2.34. The molecule has 0 aromatic carbocycles. The van der Waals surface area contributed by atoms with Crippen LogP contribution in [0.4, 0.5) is 0 Å². The van der Waals surface area contributed by atoms with Crippen molar-refractivity contribution in [3.63, 3.8) is 0 Å². The second-order valence-electron chi connectivity index (χ2n) is 4.61. The third-order valence-electron chi connectivity index (χ3n) is 3.30. The Balaban J connectivity index is 2.21. The van der Waals surface area contributed by atoms with Crippen molar-refractivity contribution in [2.45, 2.75) is 51.4 Å². The summed E-state index contributed by atoms with van der Waals surface area (Å²) in [5, 5.41) is 9.06. The average Bonchev–Trinajstić information content (AvgIpc) is 2.59. The first-order valence-corrected chi connectivity index (χ1v) is 6.59. The molecule has 1 aliphatic rings. The maximum Gasteiger partial charge on any atom is 0.362 e. The summed E-state index contributed by atoms with van der Waals surface area (Å²) in [6.07, 6.45) is 6.82. The number of ether oxygens (including phenoxy) is 1. The van der Waals surface area contributed by atoms with Gasteiger partial charge in [0.05, 0.1) is 6.61 Å². The maximum absolute atomic E-state index is 11.1. The molecule has 0 bridgehead atoms. The maximum atomic E-state index is 11.1. The second-order valence-corrected chi connectivity index (χ2v) is 4.61. The normalized spacial score (nSPS) is 17.4. The van der Waals surface area contributed by atoms with Gasteiger partial charge >= 0.3 is 11.9 Å². The highest BCUT2D eigenvalue weighted by molar-refractivity contribution is 5.87. The minimum atomic E-state index is -1.10. The van der Waals surface area contributed by atoms with Gasteiger partial charge in [0.15, 0.2) is 0 Å². The molecule has 5 nitrogen and oxygen atoms in total. The van der Waals surface area contributed by atoms with Gasteiger partial charge in [0.2, 0.25) is 11.6 Å². The highest BCUT2D eigenvalue weighted by Gasteiger charge is 2.26. The molecule has 1 heterocycles. The molecule has 18 heavy (non-hydrogen) atoms. The Kier molecular flexibility index (Phi) is 4.23. The number of oxazole rings is 1. The van der Waals surface area contributed by atoms with Crippen molar-refractivity contribution in [1.29, 1.82) is 0 Å². The lowest BCUT2D eigenvalue weighted by atomic mass is 10.0. The number of rotatable bonds is 4. The van der Waals surface area contributed by atoms with Gasteiger partial charge in [-0.15, -0.1) is 0 Å². The van der Waals surface area contributed by atoms with Crippen LogP contribution in [0.2, 0.25) is 0 Å². The van der Waals surface area contributed by atoms with E-state index in [0.29, 0.717) is 12.5 Å². The molecule has 100 valence electrons. The van der Waals surface area contributed by atoms with Gasteiger partial charge in [-0.05, 0) is 19.8 Å². The molecule has 1 N–H and O–H groups in total. The van der Waals surface area contributed by atoms with E-state index in [1.807, 2.05) is 0 Å². The van der Waals surface area contributed by atoms with Crippen molar-refractivity contribution in [3.05, 3.63) is 11.6 Å². The Morgan fingerprint density at radius 3 is 2.61 bits per heavy atom. The van der Waals surface area contributed by atoms with E-state index in [1.165, 1.54) is 12.8 Å². The first kappa shape index (κ1) is 12.9. The molecule has 1 aliphatic carbocycles. The number of aromatic carboxylic acids is 1. The van der Waals surface area contributed by atoms with Crippen LogP contribution in [0, 0.1) is 0 Å². The molecule has 1 saturated carbocycles. The molecule has 1 aromatic heterocycles. The first-order valence-electron chi connectivity index (χ1n) is 6.59. The van der Waals surface area contributed by atoms with Crippen molar-refractivity contribution in [2.24, 2.45) is 0 Å². The van der Waals surface area contributed by atoms with Gasteiger partial charge in [0.1, 0.15) is 0 Å². The van der Waals surface area contributed by atoms with Crippen LogP contribution in [0.3, 0.4) is 0 Å². The quantitative estimate of drug-likeness (QED) is 0.834. The summed E-state index contributed by atoms with van der Waals surface area (Å²) < 4.78 is 10.7. The summed E-state index contributed by atoms with van der Waals surface area (Å²) in [4.78, 5) is 15.2. The third kappa shape index (κ3) is 2.83. The van der Waals surface area contributed by atoms with Crippen LogP contribution in [0.1, 0.15) is 67.7 Å². The van der Waals surface area contributed by atoms with Gasteiger partial charge in [-0.25, -0.2) is 9.78 Å². The van der Waals surface area contributed by atoms with Crippen molar-refractivity contribution < 1.29 is 19.1 Å². The molecule has 0 amide bonds. The zero-order valence-electron chi connectivity index (χ0n) is 10.6. The second kappa shape index (κ2) is 5.89. The summed E-state index contributed by atoms with van der Waals surface area (Å²) in [5.74, 6) is -0.288. The van der Waals surface area contributed by atoms with E-state index in [9.17, 15) is 4.79 Å². The molecule has 0 saturated heterocycles. The standard InChI is InChI=1S/C13H19NO4/c1-2-17-13-10(12(15)16)14-11(18-13)9-7-5-3-4-6-8-9/h9H,2-8H2,1H3,(H,15,16). The summed E-state index contributed by atoms with van der Waals surface area (Å²) in [6.45, 7) is 2.17. The van der Waals surface area contributed by atoms with Crippen LogP contribution in [0.25, 0.3) is 0 Å². The number of carboxylic acid groups (broad SMARTS) is 1. The van der Waals surface area contributed by atoms with E-state index in [-0.39, 0.29) is 17.6 Å². The predicted octanol–water partition coefficient (Wildman–Crippen LogP) is 3.21. The monoisotopic (exact) mass is 253 g/mol. The molecule has 0 spiro atoms. The molecule has 5 heteroatoms. The Bertz CT molecular complexity index is 405. The van der Waals surface area contributed by atoms with Crippen LogP contribution in [-0.4, -0.2) is 22.7 Å². The molecule has 0 aliphatic heterocycles. The van der Waals surface area contributed by atoms with E-state index in [2.05, 4.69) is 4.98 Å². The molecule has 0 atom stereocenters. The van der Waals surface area contributed by atoms with E-state index in [1.54, 1.807) is 6.92 Å². The first-order chi connectivity index (χ1) is 8.72. The van der Waals surface area contributed by atoms with Crippen LogP contribution in [0.15, 0.2) is 4.42 Å². The van der Waals surface area contributed by atoms with E-state index >= 15 is 0 Å². The fourth-order valence-corrected chi connectivity index (χ4v) is 2.39. The fourth-order valence-electron chi connectivity index (χ4n) is 2.39. The fraction of sp³-hybridized carbons (Fsp3) is 0.692. The van der Waals surface area contributed by atoms with Crippen LogP contribution >= 0.6 is 0 Å². The number of aromatic nitrogens is 1. The van der Waals surface area contributed by atoms with Gasteiger partial charge in [-0.1, -0.05) is 25.7 Å². The molecule has 2 rings (SSSR count). The Hall–Kier alpha value is -1.52. The topological polar surface area (TPSA) is 72.6 Å². The average molecular weight is 253 g/mol. The smallest absolute Gasteiger partial charge is 0.362 e. The van der Waals surface area contributed by atoms with Crippen LogP contribution < -0.4 is 4.74 Å². The Morgan fingerprint density at radius 1 is 1.39 bits per heavy atom. The van der Waals surface area contributed by atoms with Crippen LogP contribution in [-0.2, 0) is 0 Å². The number of hydrogen-bond donors (Lipinski definition) is 1. The third-order valence-corrected chi connectivity index (χ3v) is 3.30. The number of carbonyl (C=O) groups is 1. The van der Waals surface area contributed by atoms with Crippen molar-refractivity contribution >= 4 is 5.97 Å². The zero-order chi connectivity index (χ0) is 13.0. The van der Waals surface area contributed by atoms with Gasteiger partial charge in [-0.2, -0.15) is 0 Å². The number of carboxylic acids is 1. The van der Waals surface area contributed by atoms with Crippen molar-refractivity contribution in [2.75, 3.05) is 6.61 Å². The minimum Gasteiger partial charge on any atom is -0.476 e. The Labute approximate surface area is 106 Å². The zero-order valence-corrected chi connectivity index (χ0v) is 10.6. The lowest BCUT2D eigenvalue weighted by Gasteiger charge is -2.08. The van der Waals surface area contributed by atoms with Gasteiger partial charge in [0.25, 0.3) is 0 Å². The SMILES string of the molecule is CCOc1oc(C2CCCCCC2)nc1C(=O)O. The molecule has 1 fully saturated rings. The molecule has 0 radical (unpaired) electrons. The highest BCUT2D eigenvalue weighted by atomic mass is 16.6. The van der Waals surface area contributed by atoms with Gasteiger partial charge < -0.3 is 14.3 Å². The van der Waals surface area contributed by atoms with Gasteiger partial charge in [-0.3, -0.25) is 0 Å². The Morgan fingerprint density at radius 2 is 2.06 bits per heavy atom. The minimum absolute atomic E-state index is 0.0456. The van der Waals surface area contributed by atoms with E-state index in [0.717, 1.165) is 25.7 Å². The number of nitrogens with zero attached hydrogens (tertiary/aromatic N) is 1. The van der Waals surface area contributed by atoms with Crippen molar-refractivity contribution in [1.82, 2.24) is 4.98 Å². The van der Waals surface area contributed by atoms with Crippen LogP contribution in [0.5, 0.6) is 5.95 Å². The molecular weight excluding hydrogens is 234 g/mol. The lowest BCUT2D eigenvalue weighted by molar-refractivity contribution is 0.0683. The van der Waals surface area contributed by atoms with E-state index < -0.39 is 5.97 Å². The predicted molar refractivity (Wildman–Crippen MR) is 65.1 cm³/mol. The lowest BCUT2D eigenvalue weighted by Crippen LogP contribution is -2.02. The number of hydrogen-bond acceptors (Lipinski definition) is 4.